The number of allylic oxidation sites excluding steroid dienone is 1. The molecule has 1 heterocycles. The van der Waals surface area contributed by atoms with E-state index in [2.05, 4.69) is 21.7 Å². The van der Waals surface area contributed by atoms with Crippen molar-refractivity contribution in [1.82, 2.24) is 15.6 Å². The Morgan fingerprint density at radius 1 is 1.13 bits per heavy atom. The van der Waals surface area contributed by atoms with Gasteiger partial charge in [0.25, 0.3) is 0 Å². The number of amides is 1. The maximum absolute atomic E-state index is 11.9. The third-order valence-electron chi connectivity index (χ3n) is 5.07. The topological polar surface area (TPSA) is 72.5 Å². The Labute approximate surface area is 184 Å². The molecule has 0 radical (unpaired) electrons. The van der Waals surface area contributed by atoms with E-state index >= 15 is 0 Å². The number of pyridine rings is 1. The number of rotatable bonds is 8. The van der Waals surface area contributed by atoms with Gasteiger partial charge in [-0.3, -0.25) is 5.32 Å². The largest absolute Gasteiger partial charge is 0.449 e. The third kappa shape index (κ3) is 6.69. The Balaban J connectivity index is 1.51. The van der Waals surface area contributed by atoms with Crippen LogP contribution in [0.4, 0.5) is 4.79 Å². The van der Waals surface area contributed by atoms with Crippen molar-refractivity contribution in [3.8, 4) is 11.6 Å². The number of carbonyl (C=O) groups excluding carboxylic acids is 1. The number of nitrogens with zero attached hydrogens (tertiary/aromatic N) is 1. The van der Waals surface area contributed by atoms with Crippen LogP contribution < -0.4 is 15.4 Å². The van der Waals surface area contributed by atoms with Gasteiger partial charge >= 0.3 is 6.09 Å². The maximum Gasteiger partial charge on any atom is 0.411 e. The molecular formula is C25H31N3O3. The standard InChI is InChI=1S/C25H31N3O3/c1-5-12-30-25(29)28-24-18(3)13-21(14-19(24)4)26-15-20-8-11-23(27-16-20)31-22-9-6-17(2)7-10-22/h6-11,13,16,21,26H,5,12,14-15H2,1-4H3,(H,28,29). The zero-order chi connectivity index (χ0) is 22.2. The van der Waals surface area contributed by atoms with E-state index in [9.17, 15) is 4.79 Å². The van der Waals surface area contributed by atoms with Crippen molar-refractivity contribution in [1.29, 1.82) is 0 Å². The summed E-state index contributed by atoms with van der Waals surface area (Å²) in [6.45, 7) is 9.18. The van der Waals surface area contributed by atoms with Crippen LogP contribution in [-0.4, -0.2) is 23.7 Å². The summed E-state index contributed by atoms with van der Waals surface area (Å²) in [4.78, 5) is 16.3. The van der Waals surface area contributed by atoms with Crippen LogP contribution in [0.3, 0.4) is 0 Å². The van der Waals surface area contributed by atoms with Gasteiger partial charge in [0, 0.05) is 30.5 Å². The summed E-state index contributed by atoms with van der Waals surface area (Å²) >= 11 is 0. The molecule has 31 heavy (non-hydrogen) atoms. The van der Waals surface area contributed by atoms with Crippen LogP contribution >= 0.6 is 0 Å². The lowest BCUT2D eigenvalue weighted by Crippen LogP contribution is -2.33. The molecule has 0 fully saturated rings. The van der Waals surface area contributed by atoms with Crippen molar-refractivity contribution in [2.45, 2.75) is 53.1 Å². The first-order valence-corrected chi connectivity index (χ1v) is 10.7. The number of ether oxygens (including phenoxy) is 2. The fraction of sp³-hybridized carbons (Fsp3) is 0.360. The molecule has 0 saturated heterocycles. The third-order valence-corrected chi connectivity index (χ3v) is 5.07. The van der Waals surface area contributed by atoms with Crippen LogP contribution in [0.15, 0.2) is 65.5 Å². The van der Waals surface area contributed by atoms with Gasteiger partial charge in [-0.05, 0) is 62.5 Å². The molecule has 1 aliphatic carbocycles. The molecule has 3 rings (SSSR count). The number of hydrogen-bond donors (Lipinski definition) is 2. The van der Waals surface area contributed by atoms with Crippen molar-refractivity contribution < 1.29 is 14.3 Å². The molecule has 1 aromatic heterocycles. The highest BCUT2D eigenvalue weighted by atomic mass is 16.5. The molecule has 1 atom stereocenters. The van der Waals surface area contributed by atoms with Gasteiger partial charge in [0.1, 0.15) is 5.75 Å². The van der Waals surface area contributed by atoms with Crippen molar-refractivity contribution in [3.63, 3.8) is 0 Å². The molecule has 0 bridgehead atoms. The number of carbonyl (C=O) groups is 1. The summed E-state index contributed by atoms with van der Waals surface area (Å²) in [5.41, 5.74) is 5.30. The average molecular weight is 422 g/mol. The monoisotopic (exact) mass is 421 g/mol. The second kappa shape index (κ2) is 10.8. The van der Waals surface area contributed by atoms with Crippen LogP contribution in [-0.2, 0) is 11.3 Å². The van der Waals surface area contributed by atoms with E-state index in [0.29, 0.717) is 19.0 Å². The minimum Gasteiger partial charge on any atom is -0.449 e. The molecule has 0 aliphatic heterocycles. The second-order valence-corrected chi connectivity index (χ2v) is 7.88. The number of alkyl carbamates (subject to hydrolysis) is 1. The quantitative estimate of drug-likeness (QED) is 0.597. The fourth-order valence-corrected chi connectivity index (χ4v) is 3.43. The molecule has 164 valence electrons. The van der Waals surface area contributed by atoms with Gasteiger partial charge < -0.3 is 14.8 Å². The molecule has 1 aromatic carbocycles. The van der Waals surface area contributed by atoms with Gasteiger partial charge in [-0.25, -0.2) is 9.78 Å². The number of aryl methyl sites for hydroxylation is 1. The van der Waals surface area contributed by atoms with Crippen LogP contribution in [0.2, 0.25) is 0 Å². The molecule has 1 aliphatic rings. The molecule has 0 saturated carbocycles. The second-order valence-electron chi connectivity index (χ2n) is 7.88. The molecule has 2 aromatic rings. The van der Waals surface area contributed by atoms with Gasteiger partial charge in [0.2, 0.25) is 5.88 Å². The highest BCUT2D eigenvalue weighted by Gasteiger charge is 2.19. The first-order valence-electron chi connectivity index (χ1n) is 10.7. The van der Waals surface area contributed by atoms with E-state index in [0.717, 1.165) is 41.0 Å². The molecule has 0 spiro atoms. The van der Waals surface area contributed by atoms with Gasteiger partial charge in [0.05, 0.1) is 6.61 Å². The fourth-order valence-electron chi connectivity index (χ4n) is 3.43. The Hall–Kier alpha value is -3.12. The Kier molecular flexibility index (Phi) is 7.84. The summed E-state index contributed by atoms with van der Waals surface area (Å²) < 4.78 is 10.9. The average Bonchev–Trinajstić information content (AvgIpc) is 2.76. The van der Waals surface area contributed by atoms with Crippen molar-refractivity contribution in [2.24, 2.45) is 0 Å². The van der Waals surface area contributed by atoms with Crippen LogP contribution in [0.5, 0.6) is 11.6 Å². The first-order chi connectivity index (χ1) is 14.9. The highest BCUT2D eigenvalue weighted by Crippen LogP contribution is 2.24. The highest BCUT2D eigenvalue weighted by molar-refractivity contribution is 5.71. The molecule has 1 amide bonds. The molecule has 2 N–H and O–H groups in total. The SMILES string of the molecule is CCCOC(=O)NC1=C(C)CC(NCc2ccc(Oc3ccc(C)cc3)nc2)C=C1C. The van der Waals surface area contributed by atoms with Crippen molar-refractivity contribution in [2.75, 3.05) is 6.61 Å². The van der Waals surface area contributed by atoms with E-state index in [1.54, 1.807) is 0 Å². The lowest BCUT2D eigenvalue weighted by Gasteiger charge is -2.25. The number of hydrogen-bond acceptors (Lipinski definition) is 5. The minimum absolute atomic E-state index is 0.195. The van der Waals surface area contributed by atoms with Crippen LogP contribution in [0.25, 0.3) is 0 Å². The zero-order valence-corrected chi connectivity index (χ0v) is 18.7. The Morgan fingerprint density at radius 3 is 2.55 bits per heavy atom. The van der Waals surface area contributed by atoms with Crippen molar-refractivity contribution >= 4 is 6.09 Å². The van der Waals surface area contributed by atoms with Crippen LogP contribution in [0, 0.1) is 6.92 Å². The van der Waals surface area contributed by atoms with Gasteiger partial charge in [-0.15, -0.1) is 0 Å². The predicted octanol–water partition coefficient (Wildman–Crippen LogP) is 5.40. The van der Waals surface area contributed by atoms with E-state index in [-0.39, 0.29) is 6.04 Å². The molecule has 6 nitrogen and oxygen atoms in total. The van der Waals surface area contributed by atoms with Gasteiger partial charge in [0.15, 0.2) is 0 Å². The summed E-state index contributed by atoms with van der Waals surface area (Å²) in [5, 5.41) is 6.42. The summed E-state index contributed by atoms with van der Waals surface area (Å²) in [6, 6.07) is 12.0. The maximum atomic E-state index is 11.9. The minimum atomic E-state index is -0.394. The van der Waals surface area contributed by atoms with Gasteiger partial charge in [-0.2, -0.15) is 0 Å². The lowest BCUT2D eigenvalue weighted by atomic mass is 9.94. The van der Waals surface area contributed by atoms with Crippen LogP contribution in [0.1, 0.15) is 44.7 Å². The number of nitrogens with one attached hydrogen (secondary N) is 2. The molecule has 6 heteroatoms. The Bertz CT molecular complexity index is 947. The molecule has 1 unspecified atom stereocenters. The smallest absolute Gasteiger partial charge is 0.411 e. The number of aromatic nitrogens is 1. The Morgan fingerprint density at radius 2 is 1.90 bits per heavy atom. The predicted molar refractivity (Wildman–Crippen MR) is 122 cm³/mol. The summed E-state index contributed by atoms with van der Waals surface area (Å²) in [7, 11) is 0. The van der Waals surface area contributed by atoms with E-state index in [1.807, 2.05) is 70.3 Å². The van der Waals surface area contributed by atoms with E-state index in [1.165, 1.54) is 5.56 Å². The van der Waals surface area contributed by atoms with E-state index in [4.69, 9.17) is 9.47 Å². The lowest BCUT2D eigenvalue weighted by molar-refractivity contribution is 0.149. The zero-order valence-electron chi connectivity index (χ0n) is 18.7. The summed E-state index contributed by atoms with van der Waals surface area (Å²) in [5.74, 6) is 1.35. The first kappa shape index (κ1) is 22.6. The van der Waals surface area contributed by atoms with Crippen molar-refractivity contribution in [3.05, 3.63) is 76.6 Å². The number of benzene rings is 1. The van der Waals surface area contributed by atoms with Gasteiger partial charge in [-0.1, -0.05) is 36.8 Å². The summed E-state index contributed by atoms with van der Waals surface area (Å²) in [6.07, 6.45) is 5.21. The van der Waals surface area contributed by atoms with E-state index < -0.39 is 6.09 Å². The molecular weight excluding hydrogens is 390 g/mol. The normalized spacial score (nSPS) is 16.0.